The predicted molar refractivity (Wildman–Crippen MR) is 74.7 cm³/mol. The van der Waals surface area contributed by atoms with Crippen molar-refractivity contribution < 1.29 is 14.3 Å². The maximum absolute atomic E-state index is 12.2. The molecule has 0 saturated heterocycles. The SMILES string of the molecule is COc1ccc(C)cc1CC(=O)CC1(OC)CCC1. The van der Waals surface area contributed by atoms with Gasteiger partial charge in [-0.3, -0.25) is 4.79 Å². The van der Waals surface area contributed by atoms with Gasteiger partial charge in [-0.1, -0.05) is 17.7 Å². The van der Waals surface area contributed by atoms with E-state index in [1.54, 1.807) is 14.2 Å². The van der Waals surface area contributed by atoms with E-state index >= 15 is 0 Å². The third kappa shape index (κ3) is 3.16. The zero-order valence-corrected chi connectivity index (χ0v) is 12.0. The number of rotatable bonds is 6. The first-order valence-corrected chi connectivity index (χ1v) is 6.79. The molecule has 0 atom stereocenters. The van der Waals surface area contributed by atoms with Gasteiger partial charge in [0.2, 0.25) is 0 Å². The fourth-order valence-electron chi connectivity index (χ4n) is 2.70. The van der Waals surface area contributed by atoms with Crippen LogP contribution in [0.5, 0.6) is 5.75 Å². The second kappa shape index (κ2) is 5.74. The van der Waals surface area contributed by atoms with Crippen molar-refractivity contribution in [3.63, 3.8) is 0 Å². The predicted octanol–water partition coefficient (Wildman–Crippen LogP) is 3.07. The quantitative estimate of drug-likeness (QED) is 0.790. The van der Waals surface area contributed by atoms with Gasteiger partial charge in [-0.05, 0) is 32.3 Å². The number of ether oxygens (including phenoxy) is 2. The fourth-order valence-corrected chi connectivity index (χ4v) is 2.70. The molecule has 0 aromatic heterocycles. The van der Waals surface area contributed by atoms with Crippen LogP contribution in [0.1, 0.15) is 36.8 Å². The molecule has 2 rings (SSSR count). The Morgan fingerprint density at radius 2 is 2.05 bits per heavy atom. The van der Waals surface area contributed by atoms with Crippen LogP contribution in [0.25, 0.3) is 0 Å². The number of hydrogen-bond donors (Lipinski definition) is 0. The van der Waals surface area contributed by atoms with Crippen molar-refractivity contribution in [1.82, 2.24) is 0 Å². The smallest absolute Gasteiger partial charge is 0.140 e. The molecule has 0 radical (unpaired) electrons. The number of benzene rings is 1. The van der Waals surface area contributed by atoms with Crippen LogP contribution >= 0.6 is 0 Å². The van der Waals surface area contributed by atoms with Crippen LogP contribution in [-0.4, -0.2) is 25.6 Å². The van der Waals surface area contributed by atoms with Crippen LogP contribution in [-0.2, 0) is 16.0 Å². The lowest BCUT2D eigenvalue weighted by molar-refractivity contribution is -0.131. The molecule has 0 aliphatic heterocycles. The highest BCUT2D eigenvalue weighted by atomic mass is 16.5. The molecule has 1 aliphatic carbocycles. The summed E-state index contributed by atoms with van der Waals surface area (Å²) in [5.41, 5.74) is 1.93. The van der Waals surface area contributed by atoms with Crippen LogP contribution in [0.15, 0.2) is 18.2 Å². The molecule has 3 heteroatoms. The molecular formula is C16H22O3. The first kappa shape index (κ1) is 14.1. The van der Waals surface area contributed by atoms with Gasteiger partial charge < -0.3 is 9.47 Å². The van der Waals surface area contributed by atoms with Gasteiger partial charge in [0.15, 0.2) is 0 Å². The fraction of sp³-hybridized carbons (Fsp3) is 0.562. The van der Waals surface area contributed by atoms with Gasteiger partial charge in [0.1, 0.15) is 11.5 Å². The molecule has 0 unspecified atom stereocenters. The van der Waals surface area contributed by atoms with Gasteiger partial charge in [0, 0.05) is 25.5 Å². The molecule has 0 amide bonds. The lowest BCUT2D eigenvalue weighted by Gasteiger charge is -2.40. The summed E-state index contributed by atoms with van der Waals surface area (Å²) in [6.45, 7) is 2.02. The minimum atomic E-state index is -0.186. The van der Waals surface area contributed by atoms with Gasteiger partial charge in [-0.2, -0.15) is 0 Å². The van der Waals surface area contributed by atoms with E-state index in [1.165, 1.54) is 0 Å². The summed E-state index contributed by atoms with van der Waals surface area (Å²) >= 11 is 0. The molecular weight excluding hydrogens is 240 g/mol. The van der Waals surface area contributed by atoms with E-state index in [9.17, 15) is 4.79 Å². The van der Waals surface area contributed by atoms with E-state index in [4.69, 9.17) is 9.47 Å². The molecule has 1 aromatic rings. The zero-order chi connectivity index (χ0) is 13.9. The van der Waals surface area contributed by atoms with Crippen LogP contribution in [0.4, 0.5) is 0 Å². The lowest BCUT2D eigenvalue weighted by Crippen LogP contribution is -2.41. The van der Waals surface area contributed by atoms with Gasteiger partial charge >= 0.3 is 0 Å². The number of hydrogen-bond acceptors (Lipinski definition) is 3. The van der Waals surface area contributed by atoms with Crippen molar-refractivity contribution in [2.75, 3.05) is 14.2 Å². The lowest BCUT2D eigenvalue weighted by atomic mass is 9.76. The Labute approximate surface area is 114 Å². The summed E-state index contributed by atoms with van der Waals surface area (Å²) in [4.78, 5) is 12.2. The van der Waals surface area contributed by atoms with E-state index in [1.807, 2.05) is 25.1 Å². The molecule has 1 saturated carbocycles. The highest BCUT2D eigenvalue weighted by molar-refractivity contribution is 5.82. The van der Waals surface area contributed by atoms with E-state index in [2.05, 4.69) is 0 Å². The zero-order valence-electron chi connectivity index (χ0n) is 12.0. The third-order valence-corrected chi connectivity index (χ3v) is 4.04. The van der Waals surface area contributed by atoms with Gasteiger partial charge in [0.05, 0.1) is 12.7 Å². The van der Waals surface area contributed by atoms with Gasteiger partial charge in [0.25, 0.3) is 0 Å². The number of carbonyl (C=O) groups is 1. The first-order valence-electron chi connectivity index (χ1n) is 6.79. The monoisotopic (exact) mass is 262 g/mol. The van der Waals surface area contributed by atoms with Crippen LogP contribution < -0.4 is 4.74 Å². The van der Waals surface area contributed by atoms with Gasteiger partial charge in [-0.25, -0.2) is 0 Å². The highest BCUT2D eigenvalue weighted by Crippen LogP contribution is 2.38. The minimum Gasteiger partial charge on any atom is -0.496 e. The molecule has 1 aliphatic rings. The largest absolute Gasteiger partial charge is 0.496 e. The first-order chi connectivity index (χ1) is 9.08. The second-order valence-electron chi connectivity index (χ2n) is 5.45. The third-order valence-electron chi connectivity index (χ3n) is 4.04. The summed E-state index contributed by atoms with van der Waals surface area (Å²) in [5.74, 6) is 1.02. The Balaban J connectivity index is 2.04. The summed E-state index contributed by atoms with van der Waals surface area (Å²) in [6, 6.07) is 5.94. The van der Waals surface area contributed by atoms with Crippen molar-refractivity contribution in [3.8, 4) is 5.75 Å². The highest BCUT2D eigenvalue weighted by Gasteiger charge is 2.38. The Morgan fingerprint density at radius 3 is 2.58 bits per heavy atom. The van der Waals surface area contributed by atoms with Crippen molar-refractivity contribution in [1.29, 1.82) is 0 Å². The molecule has 1 fully saturated rings. The molecule has 1 aromatic carbocycles. The normalized spacial score (nSPS) is 16.8. The Hall–Kier alpha value is -1.35. The average molecular weight is 262 g/mol. The van der Waals surface area contributed by atoms with Crippen LogP contribution in [0.3, 0.4) is 0 Å². The molecule has 0 heterocycles. The Bertz CT molecular complexity index is 456. The maximum atomic E-state index is 12.2. The van der Waals surface area contributed by atoms with Gasteiger partial charge in [-0.15, -0.1) is 0 Å². The molecule has 0 N–H and O–H groups in total. The minimum absolute atomic E-state index is 0.186. The second-order valence-corrected chi connectivity index (χ2v) is 5.45. The van der Waals surface area contributed by atoms with E-state index in [-0.39, 0.29) is 11.4 Å². The molecule has 0 spiro atoms. The summed E-state index contributed by atoms with van der Waals surface area (Å²) in [6.07, 6.45) is 4.10. The molecule has 3 nitrogen and oxygen atoms in total. The number of methoxy groups -OCH3 is 2. The van der Waals surface area contributed by atoms with E-state index in [0.717, 1.165) is 36.1 Å². The van der Waals surface area contributed by atoms with Crippen molar-refractivity contribution in [2.24, 2.45) is 0 Å². The number of ketones is 1. The van der Waals surface area contributed by atoms with Crippen LogP contribution in [0.2, 0.25) is 0 Å². The summed E-state index contributed by atoms with van der Waals surface area (Å²) in [7, 11) is 3.35. The van der Waals surface area contributed by atoms with Crippen molar-refractivity contribution >= 4 is 5.78 Å². The molecule has 104 valence electrons. The van der Waals surface area contributed by atoms with Crippen molar-refractivity contribution in [3.05, 3.63) is 29.3 Å². The maximum Gasteiger partial charge on any atom is 0.140 e. The standard InChI is InChI=1S/C16H22O3/c1-12-5-6-15(18-2)13(9-12)10-14(17)11-16(19-3)7-4-8-16/h5-6,9H,4,7-8,10-11H2,1-3H3. The summed E-state index contributed by atoms with van der Waals surface area (Å²) < 4.78 is 10.8. The average Bonchev–Trinajstić information content (AvgIpc) is 2.34. The number of carbonyl (C=O) groups excluding carboxylic acids is 1. The Kier molecular flexibility index (Phi) is 4.25. The summed E-state index contributed by atoms with van der Waals surface area (Å²) in [5, 5.41) is 0. The molecule has 0 bridgehead atoms. The number of Topliss-reactive ketones (excluding diaryl/α,β-unsaturated/α-hetero) is 1. The van der Waals surface area contributed by atoms with E-state index in [0.29, 0.717) is 12.8 Å². The Morgan fingerprint density at radius 1 is 1.32 bits per heavy atom. The topological polar surface area (TPSA) is 35.5 Å². The van der Waals surface area contributed by atoms with E-state index < -0.39 is 0 Å². The van der Waals surface area contributed by atoms with Crippen LogP contribution in [0, 0.1) is 6.92 Å². The molecule has 19 heavy (non-hydrogen) atoms. The van der Waals surface area contributed by atoms with Crippen molar-refractivity contribution in [2.45, 2.75) is 44.6 Å². The number of aryl methyl sites for hydroxylation is 1.